The van der Waals surface area contributed by atoms with Gasteiger partial charge in [0.2, 0.25) is 0 Å². The van der Waals surface area contributed by atoms with Crippen LogP contribution >= 0.6 is 0 Å². The molecule has 0 aliphatic rings. The molecule has 0 aromatic rings. The van der Waals surface area contributed by atoms with E-state index in [1.807, 2.05) is 0 Å². The Bertz CT molecular complexity index is 973. The molecule has 0 heterocycles. The molecule has 0 unspecified atom stereocenters. The van der Waals surface area contributed by atoms with E-state index in [2.05, 4.69) is 45.1 Å². The molecule has 0 aromatic heterocycles. The third-order valence-electron chi connectivity index (χ3n) is 11.7. The van der Waals surface area contributed by atoms with Gasteiger partial charge in [0, 0.05) is 19.3 Å². The molecule has 0 aliphatic carbocycles. The van der Waals surface area contributed by atoms with Crippen molar-refractivity contribution in [3.8, 4) is 0 Å². The van der Waals surface area contributed by atoms with Crippen molar-refractivity contribution in [1.82, 2.24) is 0 Å². The maximum Gasteiger partial charge on any atom is 0.306 e. The monoisotopic (exact) mass is 845 g/mol. The highest BCUT2D eigenvalue weighted by atomic mass is 16.6. The Morgan fingerprint density at radius 1 is 0.317 bits per heavy atom. The van der Waals surface area contributed by atoms with E-state index < -0.39 is 6.10 Å². The van der Waals surface area contributed by atoms with E-state index in [1.165, 1.54) is 173 Å². The molecule has 6 nitrogen and oxygen atoms in total. The van der Waals surface area contributed by atoms with Gasteiger partial charge in [-0.15, -0.1) is 0 Å². The van der Waals surface area contributed by atoms with Crippen molar-refractivity contribution in [3.05, 3.63) is 24.3 Å². The van der Waals surface area contributed by atoms with Crippen molar-refractivity contribution in [2.75, 3.05) is 13.2 Å². The van der Waals surface area contributed by atoms with Crippen molar-refractivity contribution < 1.29 is 28.6 Å². The second-order valence-electron chi connectivity index (χ2n) is 17.8. The highest BCUT2D eigenvalue weighted by Gasteiger charge is 2.19. The van der Waals surface area contributed by atoms with Gasteiger partial charge in [-0.25, -0.2) is 0 Å². The fourth-order valence-electron chi connectivity index (χ4n) is 7.67. The van der Waals surface area contributed by atoms with Gasteiger partial charge in [0.25, 0.3) is 0 Å². The van der Waals surface area contributed by atoms with Crippen LogP contribution in [0.15, 0.2) is 24.3 Å². The smallest absolute Gasteiger partial charge is 0.306 e. The van der Waals surface area contributed by atoms with Crippen LogP contribution < -0.4 is 0 Å². The van der Waals surface area contributed by atoms with E-state index in [1.54, 1.807) is 0 Å². The lowest BCUT2D eigenvalue weighted by molar-refractivity contribution is -0.167. The Morgan fingerprint density at radius 3 is 0.833 bits per heavy atom. The number of esters is 3. The minimum atomic E-state index is -0.773. The maximum atomic E-state index is 12.8. The van der Waals surface area contributed by atoms with Crippen LogP contribution in [0.3, 0.4) is 0 Å². The average molecular weight is 845 g/mol. The van der Waals surface area contributed by atoms with Crippen LogP contribution in [0.5, 0.6) is 0 Å². The first-order chi connectivity index (χ1) is 29.5. The quantitative estimate of drug-likeness (QED) is 0.0263. The first kappa shape index (κ1) is 57.9. The van der Waals surface area contributed by atoms with E-state index in [9.17, 15) is 14.4 Å². The van der Waals surface area contributed by atoms with Gasteiger partial charge >= 0.3 is 17.9 Å². The van der Waals surface area contributed by atoms with Crippen LogP contribution in [0, 0.1) is 0 Å². The zero-order chi connectivity index (χ0) is 43.7. The molecule has 60 heavy (non-hydrogen) atoms. The predicted octanol–water partition coefficient (Wildman–Crippen LogP) is 17.2. The van der Waals surface area contributed by atoms with Crippen molar-refractivity contribution in [2.45, 2.75) is 290 Å². The van der Waals surface area contributed by atoms with Gasteiger partial charge in [-0.3, -0.25) is 14.4 Å². The molecule has 0 aliphatic heterocycles. The number of carbonyl (C=O) groups is 3. The molecular weight excluding hydrogens is 745 g/mol. The Kier molecular flexibility index (Phi) is 47.8. The summed E-state index contributed by atoms with van der Waals surface area (Å²) in [7, 11) is 0. The second-order valence-corrected chi connectivity index (χ2v) is 17.8. The fraction of sp³-hybridized carbons (Fsp3) is 0.870. The zero-order valence-corrected chi connectivity index (χ0v) is 40.2. The van der Waals surface area contributed by atoms with Gasteiger partial charge in [0.1, 0.15) is 13.2 Å². The van der Waals surface area contributed by atoms with E-state index in [0.717, 1.165) is 70.6 Å². The topological polar surface area (TPSA) is 78.9 Å². The highest BCUT2D eigenvalue weighted by molar-refractivity contribution is 5.71. The van der Waals surface area contributed by atoms with Crippen LogP contribution in [0.1, 0.15) is 284 Å². The lowest BCUT2D eigenvalue weighted by atomic mass is 10.1. The predicted molar refractivity (Wildman–Crippen MR) is 256 cm³/mol. The highest BCUT2D eigenvalue weighted by Crippen LogP contribution is 2.15. The second kappa shape index (κ2) is 49.5. The van der Waals surface area contributed by atoms with Crippen molar-refractivity contribution >= 4 is 17.9 Å². The number of unbranched alkanes of at least 4 members (excludes halogenated alkanes) is 33. The molecule has 0 radical (unpaired) electrons. The molecule has 1 atom stereocenters. The van der Waals surface area contributed by atoms with E-state index in [0.29, 0.717) is 19.3 Å². The van der Waals surface area contributed by atoms with E-state index in [4.69, 9.17) is 14.2 Å². The average Bonchev–Trinajstić information content (AvgIpc) is 3.24. The van der Waals surface area contributed by atoms with Crippen molar-refractivity contribution in [1.29, 1.82) is 0 Å². The van der Waals surface area contributed by atoms with Crippen molar-refractivity contribution in [3.63, 3.8) is 0 Å². The lowest BCUT2D eigenvalue weighted by Gasteiger charge is -2.18. The van der Waals surface area contributed by atoms with E-state index in [-0.39, 0.29) is 31.1 Å². The number of hydrogen-bond acceptors (Lipinski definition) is 6. The molecule has 352 valence electrons. The molecular formula is C54H100O6. The third-order valence-corrected chi connectivity index (χ3v) is 11.7. The number of hydrogen-bond donors (Lipinski definition) is 0. The summed E-state index contributed by atoms with van der Waals surface area (Å²) in [5.74, 6) is -0.879. The molecule has 0 aromatic carbocycles. The largest absolute Gasteiger partial charge is 0.462 e. The first-order valence-corrected chi connectivity index (χ1v) is 26.3. The number of allylic oxidation sites excluding steroid dienone is 4. The number of ether oxygens (including phenoxy) is 3. The van der Waals surface area contributed by atoms with Gasteiger partial charge < -0.3 is 14.2 Å². The molecule has 0 N–H and O–H groups in total. The molecule has 0 saturated carbocycles. The Balaban J connectivity index is 4.35. The minimum Gasteiger partial charge on any atom is -0.462 e. The van der Waals surface area contributed by atoms with Gasteiger partial charge in [-0.05, 0) is 70.6 Å². The Hall–Kier alpha value is -2.11. The lowest BCUT2D eigenvalue weighted by Crippen LogP contribution is -2.30. The fourth-order valence-corrected chi connectivity index (χ4v) is 7.67. The molecule has 0 spiro atoms. The van der Waals surface area contributed by atoms with Gasteiger partial charge in [0.05, 0.1) is 0 Å². The number of carbonyl (C=O) groups excluding carboxylic acids is 3. The summed E-state index contributed by atoms with van der Waals surface area (Å²) in [6, 6.07) is 0. The molecule has 0 fully saturated rings. The van der Waals surface area contributed by atoms with Crippen LogP contribution in [0.4, 0.5) is 0 Å². The standard InChI is InChI=1S/C54H100O6/c1-4-7-10-13-16-19-22-24-26-28-29-32-35-38-41-44-47-53(56)59-50-51(49-58-52(55)46-43-40-37-34-31-21-18-15-12-9-6-3)60-54(57)48-45-42-39-36-33-30-27-25-23-20-17-14-11-8-5-2/h25-28,51H,4-24,29-50H2,1-3H3/b27-25-,28-26-/t51-/m1/s1. The van der Waals surface area contributed by atoms with Gasteiger partial charge in [-0.2, -0.15) is 0 Å². The molecule has 0 bridgehead atoms. The Labute approximate surface area is 373 Å². The van der Waals surface area contributed by atoms with Crippen LogP contribution in [-0.4, -0.2) is 37.2 Å². The minimum absolute atomic E-state index is 0.0737. The van der Waals surface area contributed by atoms with Crippen LogP contribution in [0.25, 0.3) is 0 Å². The summed E-state index contributed by atoms with van der Waals surface area (Å²) in [5, 5.41) is 0. The van der Waals surface area contributed by atoms with Crippen molar-refractivity contribution in [2.24, 2.45) is 0 Å². The maximum absolute atomic E-state index is 12.8. The molecule has 0 amide bonds. The summed E-state index contributed by atoms with van der Waals surface area (Å²) in [6.45, 7) is 6.63. The van der Waals surface area contributed by atoms with Crippen LogP contribution in [-0.2, 0) is 28.6 Å². The Morgan fingerprint density at radius 2 is 0.550 bits per heavy atom. The molecule has 0 rings (SSSR count). The summed E-state index contributed by atoms with van der Waals surface area (Å²) >= 11 is 0. The van der Waals surface area contributed by atoms with E-state index >= 15 is 0 Å². The SMILES string of the molecule is CCCCCCCC/C=C\CCCCCCCC(=O)O[C@@H](COC(=O)CCCCCCC/C=C\CCCCCCCCC)COC(=O)CCCCCCCCCCCCC. The summed E-state index contributed by atoms with van der Waals surface area (Å²) in [6.07, 6.45) is 55.9. The molecule has 0 saturated heterocycles. The van der Waals surface area contributed by atoms with Gasteiger partial charge in [-0.1, -0.05) is 218 Å². The van der Waals surface area contributed by atoms with Gasteiger partial charge in [0.15, 0.2) is 6.10 Å². The third kappa shape index (κ3) is 46.9. The normalized spacial score (nSPS) is 12.1. The molecule has 6 heteroatoms. The summed E-state index contributed by atoms with van der Waals surface area (Å²) < 4.78 is 16.8. The summed E-state index contributed by atoms with van der Waals surface area (Å²) in [4.78, 5) is 37.9. The number of rotatable bonds is 48. The zero-order valence-electron chi connectivity index (χ0n) is 40.2. The van der Waals surface area contributed by atoms with Crippen LogP contribution in [0.2, 0.25) is 0 Å². The summed E-state index contributed by atoms with van der Waals surface area (Å²) in [5.41, 5.74) is 0. The first-order valence-electron chi connectivity index (χ1n) is 26.3.